The van der Waals surface area contributed by atoms with Crippen molar-refractivity contribution in [3.05, 3.63) is 81.7 Å². The van der Waals surface area contributed by atoms with Gasteiger partial charge in [-0.25, -0.2) is 9.59 Å². The van der Waals surface area contributed by atoms with E-state index in [0.29, 0.717) is 33.6 Å². The third kappa shape index (κ3) is 4.24. The van der Waals surface area contributed by atoms with Crippen molar-refractivity contribution in [2.75, 3.05) is 6.61 Å². The summed E-state index contributed by atoms with van der Waals surface area (Å²) in [5, 5.41) is 12.0. The zero-order chi connectivity index (χ0) is 25.3. The summed E-state index contributed by atoms with van der Waals surface area (Å²) in [6.45, 7) is 6.94. The molecule has 7 heteroatoms. The first-order valence-corrected chi connectivity index (χ1v) is 11.5. The molecule has 178 valence electrons. The second-order valence-electron chi connectivity index (χ2n) is 8.78. The molecule has 1 N–H and O–H groups in total. The molecule has 7 nitrogen and oxygen atoms in total. The molecule has 0 amide bonds. The molecule has 0 radical (unpaired) electrons. The van der Waals surface area contributed by atoms with E-state index in [1.54, 1.807) is 45.9 Å². The highest BCUT2D eigenvalue weighted by atomic mass is 16.5. The molecule has 2 aromatic carbocycles. The molecule has 2 aliphatic rings. The fourth-order valence-corrected chi connectivity index (χ4v) is 4.74. The van der Waals surface area contributed by atoms with Gasteiger partial charge in [0, 0.05) is 22.5 Å². The number of ether oxygens (including phenoxy) is 2. The van der Waals surface area contributed by atoms with E-state index in [1.807, 2.05) is 30.3 Å². The van der Waals surface area contributed by atoms with E-state index in [1.165, 1.54) is 0 Å². The summed E-state index contributed by atoms with van der Waals surface area (Å²) in [6, 6.07) is 14.6. The van der Waals surface area contributed by atoms with Crippen LogP contribution in [0.5, 0.6) is 0 Å². The van der Waals surface area contributed by atoms with Crippen molar-refractivity contribution < 1.29 is 23.9 Å². The fraction of sp³-hybridized carbons (Fsp3) is 0.286. The molecule has 0 bridgehead atoms. The summed E-state index contributed by atoms with van der Waals surface area (Å²) >= 11 is 0. The maximum atomic E-state index is 13.3. The topological polar surface area (TPSA) is 105 Å². The second kappa shape index (κ2) is 9.59. The largest absolute Gasteiger partial charge is 0.461 e. The number of allylic oxidation sites excluding steroid dienone is 2. The lowest BCUT2D eigenvalue weighted by Crippen LogP contribution is -2.33. The number of nitriles is 1. The Morgan fingerprint density at radius 2 is 1.60 bits per heavy atom. The van der Waals surface area contributed by atoms with Gasteiger partial charge < -0.3 is 14.8 Å². The van der Waals surface area contributed by atoms with E-state index in [4.69, 9.17) is 14.7 Å². The highest BCUT2D eigenvalue weighted by Gasteiger charge is 2.41. The molecular formula is C28H26N2O5. The summed E-state index contributed by atoms with van der Waals surface area (Å²) in [7, 11) is 0. The molecule has 0 saturated heterocycles. The first-order valence-electron chi connectivity index (χ1n) is 11.5. The fourth-order valence-electron chi connectivity index (χ4n) is 4.74. The molecule has 0 fully saturated rings. The minimum atomic E-state index is -0.828. The van der Waals surface area contributed by atoms with Crippen LogP contribution in [-0.4, -0.2) is 30.4 Å². The molecule has 1 aliphatic carbocycles. The van der Waals surface area contributed by atoms with Gasteiger partial charge in [0.2, 0.25) is 0 Å². The van der Waals surface area contributed by atoms with Gasteiger partial charge in [0.05, 0.1) is 35.7 Å². The van der Waals surface area contributed by atoms with Crippen LogP contribution < -0.4 is 5.32 Å². The van der Waals surface area contributed by atoms with Crippen LogP contribution in [0.4, 0.5) is 0 Å². The average Bonchev–Trinajstić information content (AvgIpc) is 3.10. The van der Waals surface area contributed by atoms with E-state index < -0.39 is 17.9 Å². The highest BCUT2D eigenvalue weighted by Crippen LogP contribution is 2.47. The van der Waals surface area contributed by atoms with Crippen molar-refractivity contribution in [1.82, 2.24) is 5.32 Å². The number of nitrogens with zero attached hydrogens (tertiary/aromatic N) is 1. The molecule has 0 spiro atoms. The standard InChI is InChI=1S/C28H26N2O5/c1-15(2)35-28(33)23-17(4)30-16(3)22(27(32)34-14-8-13-29)25(23)20-11-7-12-21-24(20)18-9-5-6-10-19(18)26(21)31/h5-7,9-12,15,25,30H,8,14H2,1-4H3. The van der Waals surface area contributed by atoms with Crippen molar-refractivity contribution in [3.63, 3.8) is 0 Å². The number of hydrogen-bond donors (Lipinski definition) is 1. The van der Waals surface area contributed by atoms with Gasteiger partial charge >= 0.3 is 11.9 Å². The van der Waals surface area contributed by atoms with E-state index in [9.17, 15) is 14.4 Å². The van der Waals surface area contributed by atoms with Crippen LogP contribution in [-0.2, 0) is 19.1 Å². The Hall–Kier alpha value is -4.18. The van der Waals surface area contributed by atoms with Gasteiger partial charge in [-0.05, 0) is 44.4 Å². The predicted molar refractivity (Wildman–Crippen MR) is 129 cm³/mol. The summed E-state index contributed by atoms with van der Waals surface area (Å²) in [5.41, 5.74) is 4.80. The molecule has 1 aliphatic heterocycles. The number of fused-ring (bicyclic) bond motifs is 3. The summed E-state index contributed by atoms with van der Waals surface area (Å²) in [6.07, 6.45) is -0.319. The molecule has 1 heterocycles. The van der Waals surface area contributed by atoms with Gasteiger partial charge in [0.15, 0.2) is 5.78 Å². The number of ketones is 1. The van der Waals surface area contributed by atoms with Crippen molar-refractivity contribution in [3.8, 4) is 17.2 Å². The zero-order valence-corrected chi connectivity index (χ0v) is 20.1. The molecule has 2 aromatic rings. The Morgan fingerprint density at radius 3 is 2.26 bits per heavy atom. The van der Waals surface area contributed by atoms with Gasteiger partial charge in [-0.15, -0.1) is 0 Å². The molecule has 1 atom stereocenters. The van der Waals surface area contributed by atoms with Crippen LogP contribution in [0.15, 0.2) is 65.0 Å². The summed E-state index contributed by atoms with van der Waals surface area (Å²) < 4.78 is 11.0. The minimum Gasteiger partial charge on any atom is -0.461 e. The SMILES string of the molecule is CC1=C(C(=O)OCCC#N)C(c2cccc3c2-c2ccccc2C3=O)C(C(=O)OC(C)C)=C(C)N1. The van der Waals surface area contributed by atoms with Crippen LogP contribution in [0.2, 0.25) is 0 Å². The smallest absolute Gasteiger partial charge is 0.337 e. The Kier molecular flexibility index (Phi) is 6.57. The lowest BCUT2D eigenvalue weighted by Gasteiger charge is -2.32. The third-order valence-corrected chi connectivity index (χ3v) is 6.08. The van der Waals surface area contributed by atoms with Gasteiger partial charge in [-0.3, -0.25) is 4.79 Å². The first-order chi connectivity index (χ1) is 16.8. The van der Waals surface area contributed by atoms with E-state index in [-0.39, 0.29) is 36.1 Å². The lowest BCUT2D eigenvalue weighted by atomic mass is 9.77. The van der Waals surface area contributed by atoms with Gasteiger partial charge in [-0.2, -0.15) is 5.26 Å². The Labute approximate surface area is 204 Å². The molecule has 0 aromatic heterocycles. The van der Waals surface area contributed by atoms with Crippen LogP contribution in [0.25, 0.3) is 11.1 Å². The van der Waals surface area contributed by atoms with Crippen LogP contribution in [0, 0.1) is 11.3 Å². The van der Waals surface area contributed by atoms with E-state index >= 15 is 0 Å². The number of rotatable bonds is 6. The van der Waals surface area contributed by atoms with Gasteiger partial charge in [0.1, 0.15) is 6.61 Å². The van der Waals surface area contributed by atoms with Crippen LogP contribution in [0.1, 0.15) is 61.5 Å². The number of carbonyl (C=O) groups is 3. The molecule has 4 rings (SSSR count). The molecule has 0 saturated carbocycles. The normalized spacial score (nSPS) is 16.5. The number of esters is 2. The monoisotopic (exact) mass is 470 g/mol. The first kappa shape index (κ1) is 24.0. The number of dihydropyridines is 1. The van der Waals surface area contributed by atoms with Crippen molar-refractivity contribution >= 4 is 17.7 Å². The minimum absolute atomic E-state index is 0.0515. The predicted octanol–water partition coefficient (Wildman–Crippen LogP) is 4.54. The Balaban J connectivity index is 1.95. The number of carbonyl (C=O) groups excluding carboxylic acids is 3. The van der Waals surface area contributed by atoms with Crippen LogP contribution in [0.3, 0.4) is 0 Å². The quantitative estimate of drug-likeness (QED) is 0.416. The van der Waals surface area contributed by atoms with Crippen LogP contribution >= 0.6 is 0 Å². The van der Waals surface area contributed by atoms with Crippen molar-refractivity contribution in [1.29, 1.82) is 5.26 Å². The molecule has 1 unspecified atom stereocenters. The lowest BCUT2D eigenvalue weighted by molar-refractivity contribution is -0.143. The summed E-state index contributed by atoms with van der Waals surface area (Å²) in [4.78, 5) is 39.8. The van der Waals surface area contributed by atoms with E-state index in [2.05, 4.69) is 5.32 Å². The second-order valence-corrected chi connectivity index (χ2v) is 8.78. The number of nitrogens with one attached hydrogen (secondary N) is 1. The molecule has 35 heavy (non-hydrogen) atoms. The number of hydrogen-bond acceptors (Lipinski definition) is 7. The van der Waals surface area contributed by atoms with Crippen molar-refractivity contribution in [2.45, 2.75) is 46.1 Å². The average molecular weight is 471 g/mol. The Bertz CT molecular complexity index is 1340. The third-order valence-electron chi connectivity index (χ3n) is 6.08. The Morgan fingerprint density at radius 1 is 0.971 bits per heavy atom. The summed E-state index contributed by atoms with van der Waals surface area (Å²) in [5.74, 6) is -2.11. The van der Waals surface area contributed by atoms with E-state index in [0.717, 1.165) is 5.56 Å². The van der Waals surface area contributed by atoms with Gasteiger partial charge in [-0.1, -0.05) is 42.5 Å². The maximum absolute atomic E-state index is 13.3. The molecular weight excluding hydrogens is 444 g/mol. The van der Waals surface area contributed by atoms with Crippen molar-refractivity contribution in [2.24, 2.45) is 0 Å². The zero-order valence-electron chi connectivity index (χ0n) is 20.1. The number of benzene rings is 2. The van der Waals surface area contributed by atoms with Gasteiger partial charge in [0.25, 0.3) is 0 Å². The maximum Gasteiger partial charge on any atom is 0.337 e. The highest BCUT2D eigenvalue weighted by molar-refractivity contribution is 6.22.